The lowest BCUT2D eigenvalue weighted by Gasteiger charge is -2.31. The van der Waals surface area contributed by atoms with E-state index in [2.05, 4.69) is 20.5 Å². The zero-order valence-corrected chi connectivity index (χ0v) is 21.0. The summed E-state index contributed by atoms with van der Waals surface area (Å²) in [5.41, 5.74) is 2.58. The number of H-pyrrole nitrogens is 1. The molecule has 1 aliphatic rings. The Bertz CT molecular complexity index is 1240. The predicted octanol–water partition coefficient (Wildman–Crippen LogP) is 3.40. The summed E-state index contributed by atoms with van der Waals surface area (Å²) in [6, 6.07) is 15.2. The smallest absolute Gasteiger partial charge is 0.243 e. The van der Waals surface area contributed by atoms with Gasteiger partial charge in [-0.25, -0.2) is 13.4 Å². The lowest BCUT2D eigenvalue weighted by Crippen LogP contribution is -2.45. The van der Waals surface area contributed by atoms with Crippen LogP contribution in [0.5, 0.6) is 0 Å². The van der Waals surface area contributed by atoms with Crippen molar-refractivity contribution in [2.75, 3.05) is 25.4 Å². The van der Waals surface area contributed by atoms with Crippen LogP contribution in [0.4, 0.5) is 0 Å². The van der Waals surface area contributed by atoms with Crippen molar-refractivity contribution < 1.29 is 13.2 Å². The van der Waals surface area contributed by atoms with Gasteiger partial charge in [0, 0.05) is 31.0 Å². The molecule has 1 aliphatic heterocycles. The molecule has 1 atom stereocenters. The molecule has 1 amide bonds. The van der Waals surface area contributed by atoms with Crippen LogP contribution in [0.2, 0.25) is 0 Å². The lowest BCUT2D eigenvalue weighted by atomic mass is 9.99. The number of sulfonamides is 1. The first-order valence-corrected chi connectivity index (χ1v) is 13.7. The van der Waals surface area contributed by atoms with Crippen LogP contribution < -0.4 is 5.32 Å². The Kier molecular flexibility index (Phi) is 7.70. The van der Waals surface area contributed by atoms with Gasteiger partial charge in [0.25, 0.3) is 0 Å². The summed E-state index contributed by atoms with van der Waals surface area (Å²) in [6.07, 6.45) is 1.34. The number of piperidine rings is 1. The van der Waals surface area contributed by atoms with E-state index >= 15 is 0 Å². The monoisotopic (exact) mass is 499 g/mol. The fourth-order valence-electron chi connectivity index (χ4n) is 4.00. The highest BCUT2D eigenvalue weighted by Crippen LogP contribution is 2.26. The number of aryl methyl sites for hydroxylation is 2. The van der Waals surface area contributed by atoms with Gasteiger partial charge in [-0.05, 0) is 43.9 Å². The molecular formula is C24H29N5O3S2. The number of aromatic amines is 1. The predicted molar refractivity (Wildman–Crippen MR) is 133 cm³/mol. The highest BCUT2D eigenvalue weighted by molar-refractivity contribution is 7.99. The number of aromatic nitrogens is 3. The van der Waals surface area contributed by atoms with Crippen LogP contribution in [-0.2, 0) is 14.8 Å². The molecule has 0 bridgehead atoms. The molecule has 0 spiro atoms. The van der Waals surface area contributed by atoms with Gasteiger partial charge in [-0.3, -0.25) is 9.89 Å². The SMILES string of the molecule is Cc1ccc(C)c(S(=O)(=O)N2CCC[C@@H](C(=O)NCCSc3n[nH]c(-c4ccccc4)n3)C2)c1. The number of amides is 1. The largest absolute Gasteiger partial charge is 0.355 e. The summed E-state index contributed by atoms with van der Waals surface area (Å²) < 4.78 is 27.9. The number of hydrogen-bond donors (Lipinski definition) is 2. The standard InChI is InChI=1S/C24H29N5O3S2/c1-17-10-11-18(2)21(15-17)34(31,32)29-13-6-9-20(16-29)23(30)25-12-14-33-24-26-22(27-28-24)19-7-4-3-5-8-19/h3-5,7-8,10-11,15,20H,6,9,12-14,16H2,1-2H3,(H,25,30)(H,26,27,28)/t20-/m1/s1. The molecule has 2 heterocycles. The highest BCUT2D eigenvalue weighted by Gasteiger charge is 2.34. The molecule has 180 valence electrons. The van der Waals surface area contributed by atoms with E-state index in [9.17, 15) is 13.2 Å². The maximum absolute atomic E-state index is 13.2. The first kappa shape index (κ1) is 24.4. The minimum absolute atomic E-state index is 0.110. The zero-order valence-electron chi connectivity index (χ0n) is 19.3. The Morgan fingerprint density at radius 3 is 2.79 bits per heavy atom. The average Bonchev–Trinajstić information content (AvgIpc) is 3.33. The van der Waals surface area contributed by atoms with Crippen molar-refractivity contribution in [2.45, 2.75) is 36.7 Å². The van der Waals surface area contributed by atoms with Gasteiger partial charge in [0.05, 0.1) is 10.8 Å². The van der Waals surface area contributed by atoms with Crippen LogP contribution in [0.15, 0.2) is 58.6 Å². The molecule has 34 heavy (non-hydrogen) atoms. The first-order chi connectivity index (χ1) is 16.3. The van der Waals surface area contributed by atoms with Crippen molar-refractivity contribution in [3.05, 3.63) is 59.7 Å². The van der Waals surface area contributed by atoms with Gasteiger partial charge in [0.2, 0.25) is 21.1 Å². The Morgan fingerprint density at radius 1 is 1.21 bits per heavy atom. The molecule has 3 aromatic rings. The number of carbonyl (C=O) groups excluding carboxylic acids is 1. The van der Waals surface area contributed by atoms with E-state index in [1.165, 1.54) is 16.1 Å². The minimum Gasteiger partial charge on any atom is -0.355 e. The van der Waals surface area contributed by atoms with Crippen molar-refractivity contribution in [3.63, 3.8) is 0 Å². The van der Waals surface area contributed by atoms with Crippen molar-refractivity contribution in [1.29, 1.82) is 0 Å². The molecule has 0 aliphatic carbocycles. The molecular weight excluding hydrogens is 470 g/mol. The third kappa shape index (κ3) is 5.68. The van der Waals surface area contributed by atoms with Crippen LogP contribution in [0.1, 0.15) is 24.0 Å². The van der Waals surface area contributed by atoms with E-state index in [1.807, 2.05) is 49.4 Å². The second-order valence-electron chi connectivity index (χ2n) is 8.44. The Hall–Kier alpha value is -2.69. The van der Waals surface area contributed by atoms with Crippen molar-refractivity contribution in [1.82, 2.24) is 24.8 Å². The van der Waals surface area contributed by atoms with Crippen LogP contribution in [-0.4, -0.2) is 59.2 Å². The van der Waals surface area contributed by atoms with Crippen LogP contribution in [0, 0.1) is 19.8 Å². The first-order valence-electron chi connectivity index (χ1n) is 11.3. The van der Waals surface area contributed by atoms with Gasteiger partial charge in [-0.15, -0.1) is 5.10 Å². The summed E-state index contributed by atoms with van der Waals surface area (Å²) in [6.45, 7) is 4.78. The van der Waals surface area contributed by atoms with E-state index in [0.29, 0.717) is 47.6 Å². The number of nitrogens with one attached hydrogen (secondary N) is 2. The molecule has 2 N–H and O–H groups in total. The Balaban J connectivity index is 1.28. The van der Waals surface area contributed by atoms with Crippen LogP contribution in [0.3, 0.4) is 0 Å². The molecule has 4 rings (SSSR count). The minimum atomic E-state index is -3.63. The van der Waals surface area contributed by atoms with Crippen molar-refractivity contribution in [2.24, 2.45) is 5.92 Å². The molecule has 1 saturated heterocycles. The number of thioether (sulfide) groups is 1. The third-order valence-electron chi connectivity index (χ3n) is 5.86. The van der Waals surface area contributed by atoms with Crippen LogP contribution in [0.25, 0.3) is 11.4 Å². The van der Waals surface area contributed by atoms with E-state index in [4.69, 9.17) is 0 Å². The van der Waals surface area contributed by atoms with E-state index < -0.39 is 10.0 Å². The van der Waals surface area contributed by atoms with E-state index in [0.717, 1.165) is 16.7 Å². The quantitative estimate of drug-likeness (QED) is 0.363. The van der Waals surface area contributed by atoms with Crippen LogP contribution >= 0.6 is 11.8 Å². The molecule has 0 saturated carbocycles. The van der Waals surface area contributed by atoms with E-state index in [1.54, 1.807) is 13.0 Å². The van der Waals surface area contributed by atoms with E-state index in [-0.39, 0.29) is 18.4 Å². The lowest BCUT2D eigenvalue weighted by molar-refractivity contribution is -0.125. The number of rotatable bonds is 8. The van der Waals surface area contributed by atoms with Crippen molar-refractivity contribution >= 4 is 27.7 Å². The normalized spacial score (nSPS) is 16.9. The van der Waals surface area contributed by atoms with Crippen molar-refractivity contribution in [3.8, 4) is 11.4 Å². The summed E-state index contributed by atoms with van der Waals surface area (Å²) in [4.78, 5) is 17.6. The number of hydrogen-bond acceptors (Lipinski definition) is 6. The fourth-order valence-corrected chi connectivity index (χ4v) is 6.48. The summed E-state index contributed by atoms with van der Waals surface area (Å²) in [5.74, 6) is 0.863. The van der Waals surface area contributed by atoms with Gasteiger partial charge in [0.15, 0.2) is 5.82 Å². The topological polar surface area (TPSA) is 108 Å². The van der Waals surface area contributed by atoms with Gasteiger partial charge >= 0.3 is 0 Å². The average molecular weight is 500 g/mol. The van der Waals surface area contributed by atoms with Gasteiger partial charge in [-0.1, -0.05) is 54.2 Å². The third-order valence-corrected chi connectivity index (χ3v) is 8.72. The fraction of sp³-hybridized carbons (Fsp3) is 0.375. The molecule has 1 fully saturated rings. The second kappa shape index (κ2) is 10.7. The Morgan fingerprint density at radius 2 is 2.00 bits per heavy atom. The summed E-state index contributed by atoms with van der Waals surface area (Å²) in [5, 5.41) is 10.7. The molecule has 1 aromatic heterocycles. The number of carbonyl (C=O) groups is 1. The number of benzene rings is 2. The Labute approximate surface area is 204 Å². The maximum Gasteiger partial charge on any atom is 0.243 e. The van der Waals surface area contributed by atoms with Gasteiger partial charge in [-0.2, -0.15) is 4.31 Å². The molecule has 8 nitrogen and oxygen atoms in total. The summed E-state index contributed by atoms with van der Waals surface area (Å²) in [7, 11) is -3.63. The maximum atomic E-state index is 13.2. The molecule has 2 aromatic carbocycles. The molecule has 10 heteroatoms. The summed E-state index contributed by atoms with van der Waals surface area (Å²) >= 11 is 1.46. The molecule has 0 radical (unpaired) electrons. The molecule has 0 unspecified atom stereocenters. The zero-order chi connectivity index (χ0) is 24.1. The second-order valence-corrected chi connectivity index (χ2v) is 11.4. The highest BCUT2D eigenvalue weighted by atomic mass is 32.2. The van der Waals surface area contributed by atoms with Gasteiger partial charge < -0.3 is 5.32 Å². The number of nitrogens with zero attached hydrogens (tertiary/aromatic N) is 3. The van der Waals surface area contributed by atoms with Gasteiger partial charge in [0.1, 0.15) is 0 Å².